The van der Waals surface area contributed by atoms with Gasteiger partial charge in [0, 0.05) is 17.9 Å². The zero-order valence-corrected chi connectivity index (χ0v) is 11.8. The number of rotatable bonds is 7. The lowest BCUT2D eigenvalue weighted by Crippen LogP contribution is -2.06. The molecule has 0 atom stereocenters. The standard InChI is InChI=1S/C12H19N3O2S/c1-4-9-11(13-5-2)14-8-15-12(9)18-7-6-10(16)17-3/h8H,4-7H2,1-3H3,(H,13,14,15). The molecule has 5 nitrogen and oxygen atoms in total. The quantitative estimate of drug-likeness (QED) is 0.465. The minimum Gasteiger partial charge on any atom is -0.469 e. The fourth-order valence-corrected chi connectivity index (χ4v) is 2.49. The maximum absolute atomic E-state index is 11.0. The summed E-state index contributed by atoms with van der Waals surface area (Å²) in [5, 5.41) is 4.16. The van der Waals surface area contributed by atoms with E-state index in [1.807, 2.05) is 6.92 Å². The SMILES string of the molecule is CCNc1ncnc(SCCC(=O)OC)c1CC. The third-order valence-electron chi connectivity index (χ3n) is 2.38. The van der Waals surface area contributed by atoms with Gasteiger partial charge in [0.2, 0.25) is 0 Å². The number of thioether (sulfide) groups is 1. The molecular weight excluding hydrogens is 250 g/mol. The summed E-state index contributed by atoms with van der Waals surface area (Å²) in [5.74, 6) is 1.36. The molecule has 0 bridgehead atoms. The van der Waals surface area contributed by atoms with Crippen LogP contribution in [0.5, 0.6) is 0 Å². The Hall–Kier alpha value is -1.30. The third kappa shape index (κ3) is 4.18. The fraction of sp³-hybridized carbons (Fsp3) is 0.583. The molecule has 0 aliphatic rings. The predicted octanol–water partition coefficient (Wildman–Crippen LogP) is 2.13. The van der Waals surface area contributed by atoms with Gasteiger partial charge >= 0.3 is 5.97 Å². The molecule has 0 aliphatic carbocycles. The number of nitrogens with zero attached hydrogens (tertiary/aromatic N) is 2. The van der Waals surface area contributed by atoms with E-state index in [9.17, 15) is 4.79 Å². The van der Waals surface area contributed by atoms with E-state index >= 15 is 0 Å². The Morgan fingerprint density at radius 2 is 2.22 bits per heavy atom. The highest BCUT2D eigenvalue weighted by atomic mass is 32.2. The zero-order chi connectivity index (χ0) is 13.4. The lowest BCUT2D eigenvalue weighted by atomic mass is 10.2. The van der Waals surface area contributed by atoms with E-state index in [4.69, 9.17) is 0 Å². The van der Waals surface area contributed by atoms with Crippen LogP contribution in [0.3, 0.4) is 0 Å². The highest BCUT2D eigenvalue weighted by molar-refractivity contribution is 7.99. The van der Waals surface area contributed by atoms with Crippen LogP contribution in [-0.2, 0) is 16.0 Å². The minimum absolute atomic E-state index is 0.193. The molecule has 1 rings (SSSR count). The monoisotopic (exact) mass is 269 g/mol. The number of aromatic nitrogens is 2. The number of nitrogens with one attached hydrogen (secondary N) is 1. The maximum atomic E-state index is 11.0. The minimum atomic E-state index is -0.193. The van der Waals surface area contributed by atoms with Crippen LogP contribution in [0.2, 0.25) is 0 Å². The molecule has 0 saturated heterocycles. The summed E-state index contributed by atoms with van der Waals surface area (Å²) in [4.78, 5) is 19.6. The van der Waals surface area contributed by atoms with E-state index in [0.29, 0.717) is 12.2 Å². The van der Waals surface area contributed by atoms with Gasteiger partial charge in [0.05, 0.1) is 13.5 Å². The summed E-state index contributed by atoms with van der Waals surface area (Å²) in [6, 6.07) is 0. The molecular formula is C12H19N3O2S. The summed E-state index contributed by atoms with van der Waals surface area (Å²) >= 11 is 1.56. The van der Waals surface area contributed by atoms with E-state index in [-0.39, 0.29) is 5.97 Å². The zero-order valence-electron chi connectivity index (χ0n) is 11.0. The van der Waals surface area contributed by atoms with Crippen molar-refractivity contribution >= 4 is 23.5 Å². The number of hydrogen-bond acceptors (Lipinski definition) is 6. The summed E-state index contributed by atoms with van der Waals surface area (Å²) in [7, 11) is 1.40. The first-order valence-electron chi connectivity index (χ1n) is 6.00. The number of ether oxygens (including phenoxy) is 1. The van der Waals surface area contributed by atoms with Gasteiger partial charge in [-0.2, -0.15) is 0 Å². The average molecular weight is 269 g/mol. The molecule has 0 unspecified atom stereocenters. The number of hydrogen-bond donors (Lipinski definition) is 1. The Kier molecular flexibility index (Phi) is 6.49. The first-order chi connectivity index (χ1) is 8.72. The van der Waals surface area contributed by atoms with Gasteiger partial charge in [0.1, 0.15) is 17.2 Å². The lowest BCUT2D eigenvalue weighted by molar-refractivity contribution is -0.140. The molecule has 1 aromatic heterocycles. The molecule has 0 amide bonds. The summed E-state index contributed by atoms with van der Waals surface area (Å²) in [5.41, 5.74) is 1.11. The molecule has 1 aromatic rings. The first-order valence-corrected chi connectivity index (χ1v) is 6.98. The number of carbonyl (C=O) groups excluding carboxylic acids is 1. The summed E-state index contributed by atoms with van der Waals surface area (Å²) in [6.45, 7) is 4.94. The van der Waals surface area contributed by atoms with Crippen molar-refractivity contribution < 1.29 is 9.53 Å². The van der Waals surface area contributed by atoms with Gasteiger partial charge in [0.25, 0.3) is 0 Å². The van der Waals surface area contributed by atoms with Crippen molar-refractivity contribution in [3.8, 4) is 0 Å². The number of esters is 1. The van der Waals surface area contributed by atoms with Crippen molar-refractivity contribution in [2.24, 2.45) is 0 Å². The summed E-state index contributed by atoms with van der Waals surface area (Å²) in [6.07, 6.45) is 2.81. The average Bonchev–Trinajstić information content (AvgIpc) is 2.39. The second-order valence-electron chi connectivity index (χ2n) is 3.56. The van der Waals surface area contributed by atoms with Crippen molar-refractivity contribution in [1.82, 2.24) is 9.97 Å². The topological polar surface area (TPSA) is 64.1 Å². The van der Waals surface area contributed by atoms with Crippen molar-refractivity contribution in [2.75, 3.05) is 24.7 Å². The second-order valence-corrected chi connectivity index (χ2v) is 4.65. The third-order valence-corrected chi connectivity index (χ3v) is 3.41. The van der Waals surface area contributed by atoms with E-state index in [0.717, 1.165) is 29.4 Å². The second kappa shape index (κ2) is 7.92. The van der Waals surface area contributed by atoms with Crippen molar-refractivity contribution in [3.05, 3.63) is 11.9 Å². The van der Waals surface area contributed by atoms with E-state index in [1.165, 1.54) is 7.11 Å². The van der Waals surface area contributed by atoms with Crippen LogP contribution in [0.4, 0.5) is 5.82 Å². The molecule has 0 spiro atoms. The van der Waals surface area contributed by atoms with Gasteiger partial charge < -0.3 is 10.1 Å². The first kappa shape index (κ1) is 14.8. The Balaban J connectivity index is 2.69. The van der Waals surface area contributed by atoms with Gasteiger partial charge in [-0.15, -0.1) is 11.8 Å². The molecule has 1 heterocycles. The van der Waals surface area contributed by atoms with Crippen LogP contribution in [0.15, 0.2) is 11.4 Å². The number of carbonyl (C=O) groups is 1. The van der Waals surface area contributed by atoms with E-state index in [2.05, 4.69) is 26.9 Å². The Bertz CT molecular complexity index is 399. The molecule has 0 aromatic carbocycles. The molecule has 6 heteroatoms. The molecule has 0 aliphatic heterocycles. The fourth-order valence-electron chi connectivity index (χ4n) is 1.49. The van der Waals surface area contributed by atoms with Crippen LogP contribution in [0, 0.1) is 0 Å². The normalized spacial score (nSPS) is 10.2. The predicted molar refractivity (Wildman–Crippen MR) is 72.9 cm³/mol. The lowest BCUT2D eigenvalue weighted by Gasteiger charge is -2.11. The van der Waals surface area contributed by atoms with Crippen LogP contribution >= 0.6 is 11.8 Å². The van der Waals surface area contributed by atoms with Crippen LogP contribution in [-0.4, -0.2) is 35.3 Å². The number of anilines is 1. The Morgan fingerprint density at radius 1 is 1.44 bits per heavy atom. The molecule has 0 radical (unpaired) electrons. The van der Waals surface area contributed by atoms with E-state index < -0.39 is 0 Å². The van der Waals surface area contributed by atoms with Gasteiger partial charge in [-0.05, 0) is 13.3 Å². The molecule has 100 valence electrons. The Labute approximate surface area is 112 Å². The summed E-state index contributed by atoms with van der Waals surface area (Å²) < 4.78 is 4.61. The molecule has 18 heavy (non-hydrogen) atoms. The van der Waals surface area contributed by atoms with Crippen LogP contribution in [0.25, 0.3) is 0 Å². The molecule has 1 N–H and O–H groups in total. The van der Waals surface area contributed by atoms with Crippen LogP contribution in [0.1, 0.15) is 25.8 Å². The van der Waals surface area contributed by atoms with Gasteiger partial charge in [-0.3, -0.25) is 4.79 Å². The maximum Gasteiger partial charge on any atom is 0.306 e. The largest absolute Gasteiger partial charge is 0.469 e. The Morgan fingerprint density at radius 3 is 2.83 bits per heavy atom. The van der Waals surface area contributed by atoms with Crippen molar-refractivity contribution in [2.45, 2.75) is 31.7 Å². The highest BCUT2D eigenvalue weighted by Crippen LogP contribution is 2.25. The van der Waals surface area contributed by atoms with Crippen molar-refractivity contribution in [1.29, 1.82) is 0 Å². The molecule has 0 fully saturated rings. The number of methoxy groups -OCH3 is 1. The van der Waals surface area contributed by atoms with Gasteiger partial charge in [-0.1, -0.05) is 6.92 Å². The highest BCUT2D eigenvalue weighted by Gasteiger charge is 2.10. The van der Waals surface area contributed by atoms with Gasteiger partial charge in [-0.25, -0.2) is 9.97 Å². The van der Waals surface area contributed by atoms with Crippen molar-refractivity contribution in [3.63, 3.8) is 0 Å². The smallest absolute Gasteiger partial charge is 0.306 e. The van der Waals surface area contributed by atoms with E-state index in [1.54, 1.807) is 18.1 Å². The molecule has 0 saturated carbocycles. The van der Waals surface area contributed by atoms with Crippen LogP contribution < -0.4 is 5.32 Å². The van der Waals surface area contributed by atoms with Gasteiger partial charge in [0.15, 0.2) is 0 Å².